The molecule has 2 aliphatic carbocycles. The molecule has 0 heterocycles. The van der Waals surface area contributed by atoms with Crippen molar-refractivity contribution in [1.29, 1.82) is 0 Å². The standard InChI is InChI=1S/C11H16O2Si/c1-14(2,3)13-11(12)10-7-8-4-5-9(10)6-8/h7H,4-6H2,1-3H3. The highest BCUT2D eigenvalue weighted by Gasteiger charge is 2.29. The lowest BCUT2D eigenvalue weighted by Crippen LogP contribution is -2.29. The van der Waals surface area contributed by atoms with Crippen molar-refractivity contribution in [3.8, 4) is 0 Å². The van der Waals surface area contributed by atoms with Gasteiger partial charge in [0, 0.05) is 0 Å². The molecular formula is C11H16O2Si. The molecule has 0 saturated heterocycles. The lowest BCUT2D eigenvalue weighted by atomic mass is 10.1. The number of allylic oxidation sites excluding steroid dienone is 2. The van der Waals surface area contributed by atoms with Crippen molar-refractivity contribution in [3.05, 3.63) is 22.8 Å². The Morgan fingerprint density at radius 2 is 2.07 bits per heavy atom. The van der Waals surface area contributed by atoms with Gasteiger partial charge in [-0.25, -0.2) is 4.79 Å². The summed E-state index contributed by atoms with van der Waals surface area (Å²) < 4.78 is 5.47. The molecule has 14 heavy (non-hydrogen) atoms. The smallest absolute Gasteiger partial charge is 0.324 e. The Morgan fingerprint density at radius 1 is 1.36 bits per heavy atom. The van der Waals surface area contributed by atoms with Crippen LogP contribution in [0.4, 0.5) is 0 Å². The van der Waals surface area contributed by atoms with Crippen LogP contribution in [0.25, 0.3) is 0 Å². The van der Waals surface area contributed by atoms with Gasteiger partial charge in [-0.2, -0.15) is 0 Å². The summed E-state index contributed by atoms with van der Waals surface area (Å²) in [4.78, 5) is 11.8. The van der Waals surface area contributed by atoms with Crippen LogP contribution in [0.5, 0.6) is 0 Å². The van der Waals surface area contributed by atoms with E-state index in [1.165, 1.54) is 11.1 Å². The van der Waals surface area contributed by atoms with Crippen LogP contribution >= 0.6 is 0 Å². The second-order valence-corrected chi connectivity index (χ2v) is 9.43. The highest BCUT2D eigenvalue weighted by Crippen LogP contribution is 2.39. The molecule has 76 valence electrons. The summed E-state index contributed by atoms with van der Waals surface area (Å²) in [7, 11) is -1.73. The third kappa shape index (κ3) is 1.82. The van der Waals surface area contributed by atoms with Crippen LogP contribution in [0.1, 0.15) is 19.3 Å². The molecule has 0 radical (unpaired) electrons. The van der Waals surface area contributed by atoms with Gasteiger partial charge in [0.25, 0.3) is 0 Å². The fourth-order valence-electron chi connectivity index (χ4n) is 1.96. The van der Waals surface area contributed by atoms with Crippen molar-refractivity contribution in [1.82, 2.24) is 0 Å². The average molecular weight is 208 g/mol. The second-order valence-electron chi connectivity index (χ2n) is 5.00. The van der Waals surface area contributed by atoms with Gasteiger partial charge < -0.3 is 4.43 Å². The summed E-state index contributed by atoms with van der Waals surface area (Å²) in [6, 6.07) is 0. The third-order valence-corrected chi connectivity index (χ3v) is 3.33. The van der Waals surface area contributed by atoms with Crippen LogP contribution in [0.3, 0.4) is 0 Å². The Bertz CT molecular complexity index is 345. The number of rotatable bonds is 2. The first kappa shape index (κ1) is 9.71. The van der Waals surface area contributed by atoms with E-state index >= 15 is 0 Å². The van der Waals surface area contributed by atoms with E-state index < -0.39 is 8.32 Å². The molecule has 0 aromatic heterocycles. The molecule has 2 rings (SSSR count). The van der Waals surface area contributed by atoms with E-state index in [0.29, 0.717) is 0 Å². The van der Waals surface area contributed by atoms with Crippen molar-refractivity contribution in [3.63, 3.8) is 0 Å². The van der Waals surface area contributed by atoms with E-state index in [-0.39, 0.29) is 5.97 Å². The molecule has 0 aromatic carbocycles. The first-order chi connectivity index (χ1) is 6.46. The maximum Gasteiger partial charge on any atom is 0.324 e. The minimum atomic E-state index is -1.73. The maximum absolute atomic E-state index is 11.8. The average Bonchev–Trinajstić information content (AvgIpc) is 2.59. The van der Waals surface area contributed by atoms with Crippen molar-refractivity contribution in [2.24, 2.45) is 0 Å². The fourth-order valence-corrected chi connectivity index (χ4v) is 2.62. The zero-order valence-electron chi connectivity index (χ0n) is 9.02. The van der Waals surface area contributed by atoms with Gasteiger partial charge in [-0.1, -0.05) is 11.1 Å². The SMILES string of the molecule is C[Si](C)(C)OC(=O)C1=C2CCC(=C1)C2. The predicted octanol–water partition coefficient (Wildman–Crippen LogP) is 2.79. The Morgan fingerprint density at radius 3 is 2.50 bits per heavy atom. The molecule has 1 saturated carbocycles. The van der Waals surface area contributed by atoms with Gasteiger partial charge in [0.2, 0.25) is 8.32 Å². The molecule has 0 amide bonds. The van der Waals surface area contributed by atoms with Gasteiger partial charge in [-0.3, -0.25) is 0 Å². The quantitative estimate of drug-likeness (QED) is 0.652. The molecule has 2 nitrogen and oxygen atoms in total. The first-order valence-electron chi connectivity index (χ1n) is 5.10. The van der Waals surface area contributed by atoms with E-state index in [9.17, 15) is 4.79 Å². The van der Waals surface area contributed by atoms with Crippen molar-refractivity contribution in [2.75, 3.05) is 0 Å². The molecule has 0 aromatic rings. The summed E-state index contributed by atoms with van der Waals surface area (Å²) in [5, 5.41) is 0. The highest BCUT2D eigenvalue weighted by atomic mass is 28.4. The molecule has 2 bridgehead atoms. The monoisotopic (exact) mass is 208 g/mol. The van der Waals surface area contributed by atoms with Gasteiger partial charge in [-0.15, -0.1) is 0 Å². The minimum absolute atomic E-state index is 0.0890. The second kappa shape index (κ2) is 3.09. The van der Waals surface area contributed by atoms with Gasteiger partial charge in [0.15, 0.2) is 0 Å². The normalized spacial score (nSPS) is 20.1. The first-order valence-corrected chi connectivity index (χ1v) is 8.51. The van der Waals surface area contributed by atoms with E-state index in [1.54, 1.807) is 0 Å². The van der Waals surface area contributed by atoms with E-state index in [4.69, 9.17) is 4.43 Å². The number of carbonyl (C=O) groups excluding carboxylic acids is 1. The van der Waals surface area contributed by atoms with Crippen LogP contribution in [-0.2, 0) is 9.22 Å². The van der Waals surface area contributed by atoms with Crippen LogP contribution in [0, 0.1) is 0 Å². The molecule has 3 heteroatoms. The zero-order chi connectivity index (χ0) is 10.3. The third-order valence-electron chi connectivity index (χ3n) is 2.54. The predicted molar refractivity (Wildman–Crippen MR) is 58.4 cm³/mol. The molecular weight excluding hydrogens is 192 g/mol. The topological polar surface area (TPSA) is 26.3 Å². The molecule has 2 aliphatic rings. The number of fused-ring (bicyclic) bond motifs is 2. The highest BCUT2D eigenvalue weighted by molar-refractivity contribution is 6.71. The lowest BCUT2D eigenvalue weighted by molar-refractivity contribution is -0.130. The number of hydrogen-bond donors (Lipinski definition) is 0. The zero-order valence-corrected chi connectivity index (χ0v) is 10.0. The van der Waals surface area contributed by atoms with Gasteiger partial charge in [0.05, 0.1) is 5.57 Å². The van der Waals surface area contributed by atoms with Crippen molar-refractivity contribution < 1.29 is 9.22 Å². The largest absolute Gasteiger partial charge is 0.516 e. The molecule has 1 fully saturated rings. The molecule has 0 spiro atoms. The van der Waals surface area contributed by atoms with Crippen LogP contribution in [0.2, 0.25) is 19.6 Å². The maximum atomic E-state index is 11.8. The molecule has 0 atom stereocenters. The Hall–Kier alpha value is -0.833. The summed E-state index contributed by atoms with van der Waals surface area (Å²) >= 11 is 0. The molecule has 0 unspecified atom stereocenters. The number of carbonyl (C=O) groups is 1. The Labute approximate surface area is 85.8 Å². The van der Waals surface area contributed by atoms with Gasteiger partial charge >= 0.3 is 5.97 Å². The summed E-state index contributed by atoms with van der Waals surface area (Å²) in [6.45, 7) is 6.11. The van der Waals surface area contributed by atoms with Crippen LogP contribution < -0.4 is 0 Å². The Kier molecular flexibility index (Phi) is 2.14. The van der Waals surface area contributed by atoms with Crippen molar-refractivity contribution in [2.45, 2.75) is 38.9 Å². The van der Waals surface area contributed by atoms with E-state index in [1.807, 2.05) is 25.7 Å². The molecule has 0 aliphatic heterocycles. The van der Waals surface area contributed by atoms with Gasteiger partial charge in [-0.05, 0) is 45.0 Å². The molecule has 0 N–H and O–H groups in total. The van der Waals surface area contributed by atoms with E-state index in [0.717, 1.165) is 24.8 Å². The minimum Gasteiger partial charge on any atom is -0.516 e. The Balaban J connectivity index is 2.11. The van der Waals surface area contributed by atoms with E-state index in [2.05, 4.69) is 0 Å². The van der Waals surface area contributed by atoms with Crippen LogP contribution in [-0.4, -0.2) is 14.3 Å². The van der Waals surface area contributed by atoms with Crippen LogP contribution in [0.15, 0.2) is 22.8 Å². The van der Waals surface area contributed by atoms with Crippen molar-refractivity contribution >= 4 is 14.3 Å². The summed E-state index contributed by atoms with van der Waals surface area (Å²) in [6.07, 6.45) is 5.28. The fraction of sp³-hybridized carbons (Fsp3) is 0.545. The lowest BCUT2D eigenvalue weighted by Gasteiger charge is -2.18. The summed E-state index contributed by atoms with van der Waals surface area (Å²) in [5.74, 6) is -0.0890. The van der Waals surface area contributed by atoms with Gasteiger partial charge in [0.1, 0.15) is 0 Å². The number of hydrogen-bond acceptors (Lipinski definition) is 2. The summed E-state index contributed by atoms with van der Waals surface area (Å²) in [5.41, 5.74) is 3.56.